The van der Waals surface area contributed by atoms with Gasteiger partial charge in [0.1, 0.15) is 0 Å². The first-order chi connectivity index (χ1) is 12.2. The molecular formula is C20H22N4O. The molecule has 1 aliphatic rings. The van der Waals surface area contributed by atoms with Gasteiger partial charge in [0.2, 0.25) is 5.91 Å². The molecule has 2 aromatic carbocycles. The third-order valence-corrected chi connectivity index (χ3v) is 4.32. The van der Waals surface area contributed by atoms with Crippen LogP contribution < -0.4 is 15.5 Å². The molecule has 5 heteroatoms. The Balaban J connectivity index is 1.42. The highest BCUT2D eigenvalue weighted by molar-refractivity contribution is 5.91. The number of carbonyl (C=O) groups excluding carboxylic acids is 1. The smallest absolute Gasteiger partial charge is 0.226 e. The summed E-state index contributed by atoms with van der Waals surface area (Å²) in [7, 11) is 0. The zero-order valence-corrected chi connectivity index (χ0v) is 14.2. The minimum Gasteiger partial charge on any atom is -0.385 e. The van der Waals surface area contributed by atoms with Gasteiger partial charge in [-0.25, -0.2) is 0 Å². The number of nitrogens with zero attached hydrogens (tertiary/aromatic N) is 2. The molecule has 0 aliphatic carbocycles. The second-order valence-corrected chi connectivity index (χ2v) is 6.16. The lowest BCUT2D eigenvalue weighted by atomic mass is 10.2. The van der Waals surface area contributed by atoms with E-state index in [-0.39, 0.29) is 5.91 Å². The molecule has 0 atom stereocenters. The third-order valence-electron chi connectivity index (χ3n) is 4.32. The lowest BCUT2D eigenvalue weighted by Gasteiger charge is -2.18. The fourth-order valence-corrected chi connectivity index (χ4v) is 2.94. The fourth-order valence-electron chi connectivity index (χ4n) is 2.94. The molecule has 2 N–H and O–H groups in total. The van der Waals surface area contributed by atoms with Crippen LogP contribution in [0.15, 0.2) is 48.5 Å². The lowest BCUT2D eigenvalue weighted by molar-refractivity contribution is -0.115. The van der Waals surface area contributed by atoms with Gasteiger partial charge in [-0.3, -0.25) is 4.79 Å². The monoisotopic (exact) mass is 334 g/mol. The molecule has 0 bridgehead atoms. The molecule has 25 heavy (non-hydrogen) atoms. The molecule has 0 unspecified atom stereocenters. The van der Waals surface area contributed by atoms with E-state index in [1.54, 1.807) is 24.3 Å². The first kappa shape index (κ1) is 16.8. The molecule has 0 spiro atoms. The van der Waals surface area contributed by atoms with Crippen molar-refractivity contribution in [3.63, 3.8) is 0 Å². The quantitative estimate of drug-likeness (QED) is 0.847. The van der Waals surface area contributed by atoms with Crippen LogP contribution in [0, 0.1) is 11.3 Å². The van der Waals surface area contributed by atoms with E-state index in [0.717, 1.165) is 18.8 Å². The van der Waals surface area contributed by atoms with Crippen LogP contribution in [-0.2, 0) is 4.79 Å². The Kier molecular flexibility index (Phi) is 5.53. The second kappa shape index (κ2) is 8.20. The number of hydrogen-bond donors (Lipinski definition) is 2. The van der Waals surface area contributed by atoms with Crippen LogP contribution in [0.25, 0.3) is 0 Å². The number of nitrogens with one attached hydrogen (secondary N) is 2. The van der Waals surface area contributed by atoms with Gasteiger partial charge in [-0.15, -0.1) is 0 Å². The zero-order valence-electron chi connectivity index (χ0n) is 14.2. The molecule has 0 radical (unpaired) electrons. The van der Waals surface area contributed by atoms with Gasteiger partial charge in [-0.1, -0.05) is 0 Å². The maximum Gasteiger partial charge on any atom is 0.226 e. The Labute approximate surface area is 148 Å². The van der Waals surface area contributed by atoms with Crippen LogP contribution in [0.1, 0.15) is 24.8 Å². The first-order valence-electron chi connectivity index (χ1n) is 8.63. The molecule has 1 heterocycles. The van der Waals surface area contributed by atoms with Crippen LogP contribution in [0.3, 0.4) is 0 Å². The third kappa shape index (κ3) is 4.74. The highest BCUT2D eigenvalue weighted by Crippen LogP contribution is 2.22. The fraction of sp³-hybridized carbons (Fsp3) is 0.300. The van der Waals surface area contributed by atoms with Crippen molar-refractivity contribution in [2.24, 2.45) is 0 Å². The van der Waals surface area contributed by atoms with Gasteiger partial charge < -0.3 is 15.5 Å². The summed E-state index contributed by atoms with van der Waals surface area (Å²) in [6.07, 6.45) is 2.93. The number of amides is 1. The number of nitriles is 1. The van der Waals surface area contributed by atoms with Crippen molar-refractivity contribution in [2.75, 3.05) is 35.2 Å². The summed E-state index contributed by atoms with van der Waals surface area (Å²) in [5.74, 6) is -0.0501. The van der Waals surface area contributed by atoms with Crippen molar-refractivity contribution < 1.29 is 4.79 Å². The molecule has 1 saturated heterocycles. The second-order valence-electron chi connectivity index (χ2n) is 6.16. The van der Waals surface area contributed by atoms with E-state index in [4.69, 9.17) is 5.26 Å². The molecule has 0 saturated carbocycles. The minimum atomic E-state index is -0.0501. The Morgan fingerprint density at radius 3 is 2.28 bits per heavy atom. The van der Waals surface area contributed by atoms with Crippen molar-refractivity contribution in [2.45, 2.75) is 19.3 Å². The van der Waals surface area contributed by atoms with Crippen LogP contribution in [0.2, 0.25) is 0 Å². The lowest BCUT2D eigenvalue weighted by Crippen LogP contribution is -2.17. The molecule has 1 aliphatic heterocycles. The van der Waals surface area contributed by atoms with E-state index < -0.39 is 0 Å². The molecule has 1 amide bonds. The van der Waals surface area contributed by atoms with Crippen molar-refractivity contribution >= 4 is 23.0 Å². The van der Waals surface area contributed by atoms with Gasteiger partial charge in [-0.2, -0.15) is 5.26 Å². The summed E-state index contributed by atoms with van der Waals surface area (Å²) >= 11 is 0. The predicted molar refractivity (Wildman–Crippen MR) is 101 cm³/mol. The summed E-state index contributed by atoms with van der Waals surface area (Å²) in [4.78, 5) is 14.4. The van der Waals surface area contributed by atoms with Gasteiger partial charge in [0.05, 0.1) is 11.6 Å². The van der Waals surface area contributed by atoms with Gasteiger partial charge in [0, 0.05) is 43.1 Å². The number of carbonyl (C=O) groups is 1. The van der Waals surface area contributed by atoms with E-state index in [1.807, 2.05) is 0 Å². The van der Waals surface area contributed by atoms with E-state index in [9.17, 15) is 4.79 Å². The Morgan fingerprint density at radius 2 is 1.64 bits per heavy atom. The average Bonchev–Trinajstić information content (AvgIpc) is 3.18. The van der Waals surface area contributed by atoms with Crippen molar-refractivity contribution in [1.82, 2.24) is 0 Å². The van der Waals surface area contributed by atoms with E-state index in [0.29, 0.717) is 24.2 Å². The highest BCUT2D eigenvalue weighted by Gasteiger charge is 2.11. The predicted octanol–water partition coefficient (Wildman–Crippen LogP) is 3.60. The van der Waals surface area contributed by atoms with E-state index in [2.05, 4.69) is 45.9 Å². The topological polar surface area (TPSA) is 68.2 Å². The minimum absolute atomic E-state index is 0.0501. The first-order valence-corrected chi connectivity index (χ1v) is 8.63. The van der Waals surface area contributed by atoms with Gasteiger partial charge in [-0.05, 0) is 61.4 Å². The molecule has 1 fully saturated rings. The Bertz CT molecular complexity index is 741. The standard InChI is InChI=1S/C20H22N4O/c21-15-16-3-5-18(6-4-16)23-20(25)11-12-22-17-7-9-19(10-8-17)24-13-1-2-14-24/h3-10,22H,1-2,11-14H2,(H,23,25). The van der Waals surface area contributed by atoms with Crippen molar-refractivity contribution in [3.8, 4) is 6.07 Å². The Morgan fingerprint density at radius 1 is 1.00 bits per heavy atom. The zero-order chi connectivity index (χ0) is 17.5. The number of hydrogen-bond acceptors (Lipinski definition) is 4. The molecule has 0 aromatic heterocycles. The molecule has 5 nitrogen and oxygen atoms in total. The van der Waals surface area contributed by atoms with Crippen LogP contribution in [0.4, 0.5) is 17.1 Å². The summed E-state index contributed by atoms with van der Waals surface area (Å²) < 4.78 is 0. The van der Waals surface area contributed by atoms with Gasteiger partial charge in [0.15, 0.2) is 0 Å². The SMILES string of the molecule is N#Cc1ccc(NC(=O)CCNc2ccc(N3CCCC3)cc2)cc1. The molecule has 2 aromatic rings. The number of anilines is 3. The van der Waals surface area contributed by atoms with Crippen molar-refractivity contribution in [3.05, 3.63) is 54.1 Å². The van der Waals surface area contributed by atoms with Crippen molar-refractivity contribution in [1.29, 1.82) is 5.26 Å². The van der Waals surface area contributed by atoms with Crippen LogP contribution >= 0.6 is 0 Å². The summed E-state index contributed by atoms with van der Waals surface area (Å²) in [5, 5.41) is 14.9. The number of benzene rings is 2. The summed E-state index contributed by atoms with van der Waals surface area (Å²) in [5.41, 5.74) is 3.58. The number of rotatable bonds is 6. The molecule has 3 rings (SSSR count). The highest BCUT2D eigenvalue weighted by atomic mass is 16.1. The average molecular weight is 334 g/mol. The molecule has 128 valence electrons. The summed E-state index contributed by atoms with van der Waals surface area (Å²) in [6.45, 7) is 2.86. The maximum atomic E-state index is 12.0. The van der Waals surface area contributed by atoms with Crippen LogP contribution in [0.5, 0.6) is 0 Å². The van der Waals surface area contributed by atoms with Gasteiger partial charge >= 0.3 is 0 Å². The van der Waals surface area contributed by atoms with E-state index >= 15 is 0 Å². The Hall–Kier alpha value is -3.00. The maximum absolute atomic E-state index is 12.0. The van der Waals surface area contributed by atoms with Crippen LogP contribution in [-0.4, -0.2) is 25.5 Å². The van der Waals surface area contributed by atoms with E-state index in [1.165, 1.54) is 18.5 Å². The largest absolute Gasteiger partial charge is 0.385 e. The molecular weight excluding hydrogens is 312 g/mol. The summed E-state index contributed by atoms with van der Waals surface area (Å²) in [6, 6.07) is 17.3. The normalized spacial score (nSPS) is 13.3. The van der Waals surface area contributed by atoms with Gasteiger partial charge in [0.25, 0.3) is 0 Å².